The molecule has 0 aliphatic carbocycles. The Bertz CT molecular complexity index is 1210. The Hall–Kier alpha value is -3.33. The molecule has 3 aromatic rings. The Kier molecular flexibility index (Phi) is 5.58. The maximum absolute atomic E-state index is 13.6. The smallest absolute Gasteiger partial charge is 0.303 e. The van der Waals surface area contributed by atoms with Crippen LogP contribution in [0.5, 0.6) is 0 Å². The second-order valence-electron chi connectivity index (χ2n) is 7.63. The van der Waals surface area contributed by atoms with Crippen molar-refractivity contribution in [2.75, 3.05) is 0 Å². The van der Waals surface area contributed by atoms with Crippen molar-refractivity contribution in [1.82, 2.24) is 4.57 Å². The van der Waals surface area contributed by atoms with Crippen molar-refractivity contribution in [2.45, 2.75) is 40.4 Å². The summed E-state index contributed by atoms with van der Waals surface area (Å²) in [5.41, 5.74) is 2.11. The number of aryl methyl sites for hydroxylation is 4. The number of hydrogen-bond donors (Lipinski definition) is 0. The molecule has 0 saturated carbocycles. The van der Waals surface area contributed by atoms with Gasteiger partial charge in [0, 0.05) is 0 Å². The molecule has 0 bridgehead atoms. The predicted molar refractivity (Wildman–Crippen MR) is 110 cm³/mol. The van der Waals surface area contributed by atoms with Gasteiger partial charge in [-0.15, -0.1) is 0 Å². The van der Waals surface area contributed by atoms with Crippen molar-refractivity contribution in [3.8, 4) is 17.3 Å². The predicted octanol–water partition coefficient (Wildman–Crippen LogP) is 5.69. The highest BCUT2D eigenvalue weighted by molar-refractivity contribution is 5.64. The van der Waals surface area contributed by atoms with Gasteiger partial charge in [0.1, 0.15) is 11.6 Å². The first-order chi connectivity index (χ1) is 14.0. The van der Waals surface area contributed by atoms with E-state index < -0.39 is 22.9 Å². The average Bonchev–Trinajstić information content (AvgIpc) is 2.63. The number of pyridine rings is 1. The second-order valence-corrected chi connectivity index (χ2v) is 7.63. The summed E-state index contributed by atoms with van der Waals surface area (Å²) in [7, 11) is 0. The van der Waals surface area contributed by atoms with E-state index in [2.05, 4.69) is 0 Å². The summed E-state index contributed by atoms with van der Waals surface area (Å²) >= 11 is 0. The molecule has 154 valence electrons. The Balaban J connectivity index is 2.36. The first kappa shape index (κ1) is 21.4. The van der Waals surface area contributed by atoms with Crippen LogP contribution in [0.3, 0.4) is 0 Å². The summed E-state index contributed by atoms with van der Waals surface area (Å²) in [4.78, 5) is 13.1. The van der Waals surface area contributed by atoms with E-state index in [1.54, 1.807) is 12.1 Å². The molecule has 3 nitrogen and oxygen atoms in total. The van der Waals surface area contributed by atoms with Gasteiger partial charge in [0.25, 0.3) is 5.56 Å². The molecule has 0 radical (unpaired) electrons. The molecule has 0 atom stereocenters. The van der Waals surface area contributed by atoms with E-state index in [1.165, 1.54) is 10.6 Å². The van der Waals surface area contributed by atoms with Crippen LogP contribution in [0.2, 0.25) is 0 Å². The molecule has 2 aromatic carbocycles. The number of alkyl halides is 3. The normalized spacial score (nSPS) is 11.4. The molecule has 1 aromatic heterocycles. The van der Waals surface area contributed by atoms with E-state index in [4.69, 9.17) is 0 Å². The van der Waals surface area contributed by atoms with Gasteiger partial charge in [-0.25, -0.2) is 0 Å². The van der Waals surface area contributed by atoms with E-state index >= 15 is 0 Å². The van der Waals surface area contributed by atoms with Gasteiger partial charge in [0.2, 0.25) is 0 Å². The van der Waals surface area contributed by atoms with Crippen LogP contribution in [0.25, 0.3) is 11.3 Å². The Morgan fingerprint density at radius 1 is 0.933 bits per heavy atom. The van der Waals surface area contributed by atoms with Crippen LogP contribution in [0.4, 0.5) is 13.2 Å². The largest absolute Gasteiger partial charge is 0.417 e. The molecule has 0 spiro atoms. The van der Waals surface area contributed by atoms with Crippen molar-refractivity contribution < 1.29 is 13.2 Å². The van der Waals surface area contributed by atoms with Crippen molar-refractivity contribution in [1.29, 1.82) is 5.26 Å². The van der Waals surface area contributed by atoms with Crippen molar-refractivity contribution in [3.05, 3.63) is 91.8 Å². The highest BCUT2D eigenvalue weighted by Gasteiger charge is 2.36. The monoisotopic (exact) mass is 410 g/mol. The Morgan fingerprint density at radius 2 is 1.57 bits per heavy atom. The highest BCUT2D eigenvalue weighted by Crippen LogP contribution is 2.34. The fourth-order valence-corrected chi connectivity index (χ4v) is 3.69. The third-order valence-electron chi connectivity index (χ3n) is 5.06. The maximum atomic E-state index is 13.6. The van der Waals surface area contributed by atoms with Crippen LogP contribution in [0.15, 0.2) is 47.3 Å². The number of benzene rings is 2. The number of nitrogens with zero attached hydrogens (tertiary/aromatic N) is 2. The Labute approximate surface area is 173 Å². The minimum Gasteiger partial charge on any atom is -0.303 e. The number of rotatable bonds is 3. The summed E-state index contributed by atoms with van der Waals surface area (Å²) in [6, 6.07) is 13.5. The summed E-state index contributed by atoms with van der Waals surface area (Å²) in [6.07, 6.45) is -4.81. The average molecular weight is 410 g/mol. The number of hydrogen-bond acceptors (Lipinski definition) is 2. The lowest BCUT2D eigenvalue weighted by atomic mass is 9.99. The van der Waals surface area contributed by atoms with Crippen LogP contribution in [-0.4, -0.2) is 4.57 Å². The third-order valence-corrected chi connectivity index (χ3v) is 5.06. The topological polar surface area (TPSA) is 45.8 Å². The van der Waals surface area contributed by atoms with Gasteiger partial charge >= 0.3 is 6.18 Å². The number of nitriles is 1. The number of aromatic nitrogens is 1. The maximum Gasteiger partial charge on any atom is 0.417 e. The minimum atomic E-state index is -4.81. The van der Waals surface area contributed by atoms with Crippen LogP contribution in [-0.2, 0) is 12.7 Å². The molecule has 1 heterocycles. The van der Waals surface area contributed by atoms with Gasteiger partial charge < -0.3 is 4.57 Å². The molecule has 6 heteroatoms. The quantitative estimate of drug-likeness (QED) is 0.557. The lowest BCUT2D eigenvalue weighted by Crippen LogP contribution is -2.29. The molecular weight excluding hydrogens is 389 g/mol. The molecule has 0 aliphatic rings. The Morgan fingerprint density at radius 3 is 2.10 bits per heavy atom. The van der Waals surface area contributed by atoms with Crippen LogP contribution >= 0.6 is 0 Å². The van der Waals surface area contributed by atoms with Crippen LogP contribution in [0.1, 0.15) is 38.9 Å². The molecule has 0 saturated heterocycles. The lowest BCUT2D eigenvalue weighted by Gasteiger charge is -2.19. The zero-order chi connectivity index (χ0) is 22.2. The van der Waals surface area contributed by atoms with Crippen LogP contribution < -0.4 is 5.56 Å². The fourth-order valence-electron chi connectivity index (χ4n) is 3.69. The van der Waals surface area contributed by atoms with Gasteiger partial charge in [-0.3, -0.25) is 4.79 Å². The van der Waals surface area contributed by atoms with Gasteiger partial charge in [0.15, 0.2) is 0 Å². The lowest BCUT2D eigenvalue weighted by molar-refractivity contribution is -0.137. The highest BCUT2D eigenvalue weighted by atomic mass is 19.4. The molecule has 0 amide bonds. The summed E-state index contributed by atoms with van der Waals surface area (Å²) in [6.45, 7) is 7.59. The van der Waals surface area contributed by atoms with E-state index in [9.17, 15) is 23.2 Å². The summed E-state index contributed by atoms with van der Waals surface area (Å²) in [5.74, 6) is 0. The van der Waals surface area contributed by atoms with Gasteiger partial charge in [0.05, 0.1) is 17.8 Å². The minimum absolute atomic E-state index is 0.0695. The molecule has 3 rings (SSSR count). The molecule has 0 fully saturated rings. The van der Waals surface area contributed by atoms with E-state index in [-0.39, 0.29) is 12.2 Å². The van der Waals surface area contributed by atoms with E-state index in [0.29, 0.717) is 5.56 Å². The van der Waals surface area contributed by atoms with Gasteiger partial charge in [-0.2, -0.15) is 18.4 Å². The number of halogens is 3. The first-order valence-corrected chi connectivity index (χ1v) is 9.41. The van der Waals surface area contributed by atoms with E-state index in [0.717, 1.165) is 33.9 Å². The van der Waals surface area contributed by atoms with Crippen molar-refractivity contribution >= 4 is 0 Å². The molecule has 0 N–H and O–H groups in total. The first-order valence-electron chi connectivity index (χ1n) is 9.41. The molecular formula is C24H21F3N2O. The van der Waals surface area contributed by atoms with Crippen LogP contribution in [0, 0.1) is 39.0 Å². The fraction of sp³-hybridized carbons (Fsp3) is 0.250. The third kappa shape index (κ3) is 4.16. The summed E-state index contributed by atoms with van der Waals surface area (Å²) in [5, 5.41) is 9.33. The summed E-state index contributed by atoms with van der Waals surface area (Å²) < 4.78 is 42.2. The van der Waals surface area contributed by atoms with Gasteiger partial charge in [-0.05, 0) is 62.6 Å². The second kappa shape index (κ2) is 7.83. The van der Waals surface area contributed by atoms with Crippen molar-refractivity contribution in [2.24, 2.45) is 0 Å². The van der Waals surface area contributed by atoms with Gasteiger partial charge in [-0.1, -0.05) is 41.0 Å². The molecule has 0 unspecified atom stereocenters. The zero-order valence-electron chi connectivity index (χ0n) is 17.2. The van der Waals surface area contributed by atoms with E-state index in [1.807, 2.05) is 52.0 Å². The zero-order valence-corrected chi connectivity index (χ0v) is 17.2. The SMILES string of the molecule is Cc1cc(C)cc(-c2cc(C(F)(F)F)c(C#N)c(=O)n2Cc2ccc(C)cc2C)c1. The molecule has 0 aliphatic heterocycles. The van der Waals surface area contributed by atoms with Crippen molar-refractivity contribution in [3.63, 3.8) is 0 Å². The standard InChI is InChI=1S/C24H21F3N2O/c1-14-5-6-18(17(4)8-14)13-29-22(19-9-15(2)7-16(3)10-19)11-21(24(25,26)27)20(12-28)23(29)30/h5-11H,13H2,1-4H3. The molecule has 30 heavy (non-hydrogen) atoms.